The van der Waals surface area contributed by atoms with E-state index in [4.69, 9.17) is 27.9 Å². The Morgan fingerprint density at radius 3 is 2.41 bits per heavy atom. The molecule has 0 atom stereocenters. The van der Waals surface area contributed by atoms with E-state index in [9.17, 15) is 13.2 Å². The molecule has 1 heterocycles. The molecule has 1 fully saturated rings. The number of rotatable bonds is 5. The van der Waals surface area contributed by atoms with Crippen LogP contribution in [-0.4, -0.2) is 39.4 Å². The number of anilines is 1. The highest BCUT2D eigenvalue weighted by molar-refractivity contribution is 7.92. The van der Waals surface area contributed by atoms with Crippen molar-refractivity contribution >= 4 is 44.8 Å². The second-order valence-electron chi connectivity index (χ2n) is 6.10. The number of hydrogen-bond acceptors (Lipinski definition) is 4. The van der Waals surface area contributed by atoms with Gasteiger partial charge < -0.3 is 9.64 Å². The van der Waals surface area contributed by atoms with Crippen molar-refractivity contribution in [1.82, 2.24) is 4.90 Å². The first-order valence-electron chi connectivity index (χ1n) is 8.27. The van der Waals surface area contributed by atoms with E-state index in [1.807, 2.05) is 0 Å². The molecule has 2 aromatic carbocycles. The normalized spacial score (nSPS) is 14.3. The van der Waals surface area contributed by atoms with Crippen molar-refractivity contribution in [3.05, 3.63) is 52.0 Å². The summed E-state index contributed by atoms with van der Waals surface area (Å²) in [5.41, 5.74) is 0.490. The Morgan fingerprint density at radius 2 is 1.78 bits per heavy atom. The van der Waals surface area contributed by atoms with E-state index in [2.05, 4.69) is 4.72 Å². The summed E-state index contributed by atoms with van der Waals surface area (Å²) in [5.74, 6) is 0.0938. The summed E-state index contributed by atoms with van der Waals surface area (Å²) < 4.78 is 33.2. The van der Waals surface area contributed by atoms with Gasteiger partial charge in [0.15, 0.2) is 0 Å². The third-order valence-corrected chi connectivity index (χ3v) is 6.39. The minimum absolute atomic E-state index is 0.0445. The number of carbonyl (C=O) groups excluding carboxylic acids is 1. The fourth-order valence-electron chi connectivity index (χ4n) is 2.89. The maximum absolute atomic E-state index is 12.7. The predicted molar refractivity (Wildman–Crippen MR) is 105 cm³/mol. The highest BCUT2D eigenvalue weighted by Crippen LogP contribution is 2.29. The van der Waals surface area contributed by atoms with Crippen molar-refractivity contribution in [3.63, 3.8) is 0 Å². The highest BCUT2D eigenvalue weighted by atomic mass is 35.5. The van der Waals surface area contributed by atoms with E-state index < -0.39 is 10.0 Å². The van der Waals surface area contributed by atoms with Crippen molar-refractivity contribution in [1.29, 1.82) is 0 Å². The van der Waals surface area contributed by atoms with Gasteiger partial charge >= 0.3 is 0 Å². The lowest BCUT2D eigenvalue weighted by Crippen LogP contribution is -2.28. The van der Waals surface area contributed by atoms with Crippen LogP contribution in [0.15, 0.2) is 41.3 Å². The van der Waals surface area contributed by atoms with Crippen molar-refractivity contribution < 1.29 is 17.9 Å². The fraction of sp³-hybridized carbons (Fsp3) is 0.278. The fourth-order valence-corrected chi connectivity index (χ4v) is 4.26. The molecule has 1 N–H and O–H groups in total. The molecule has 27 heavy (non-hydrogen) atoms. The number of carbonyl (C=O) groups is 1. The summed E-state index contributed by atoms with van der Waals surface area (Å²) >= 11 is 11.8. The van der Waals surface area contributed by atoms with Gasteiger partial charge in [0, 0.05) is 13.1 Å². The summed E-state index contributed by atoms with van der Waals surface area (Å²) in [6.45, 7) is 1.31. The monoisotopic (exact) mass is 428 g/mol. The molecular weight excluding hydrogens is 411 g/mol. The van der Waals surface area contributed by atoms with Crippen LogP contribution in [0.4, 0.5) is 5.69 Å². The summed E-state index contributed by atoms with van der Waals surface area (Å²) in [4.78, 5) is 14.4. The SMILES string of the molecule is COc1ccc(S(=O)(=O)Nc2ccc(Cl)c(Cl)c2)cc1C(=O)N1CCCC1. The number of ether oxygens (including phenoxy) is 1. The maximum Gasteiger partial charge on any atom is 0.261 e. The van der Waals surface area contributed by atoms with Crippen LogP contribution in [0.1, 0.15) is 23.2 Å². The summed E-state index contributed by atoms with van der Waals surface area (Å²) in [6.07, 6.45) is 1.87. The third-order valence-electron chi connectivity index (χ3n) is 4.28. The van der Waals surface area contributed by atoms with E-state index >= 15 is 0 Å². The molecule has 0 unspecified atom stereocenters. The van der Waals surface area contributed by atoms with E-state index in [-0.39, 0.29) is 27.1 Å². The molecule has 1 aliphatic rings. The first-order chi connectivity index (χ1) is 12.8. The van der Waals surface area contributed by atoms with E-state index in [1.165, 1.54) is 43.5 Å². The zero-order chi connectivity index (χ0) is 19.6. The molecular formula is C18H18Cl2N2O4S. The van der Waals surface area contributed by atoms with Crippen LogP contribution >= 0.6 is 23.2 Å². The lowest BCUT2D eigenvalue weighted by molar-refractivity contribution is 0.0789. The Bertz CT molecular complexity index is 973. The van der Waals surface area contributed by atoms with Gasteiger partial charge in [-0.1, -0.05) is 23.2 Å². The number of benzene rings is 2. The molecule has 1 aliphatic heterocycles. The lowest BCUT2D eigenvalue weighted by atomic mass is 10.1. The van der Waals surface area contributed by atoms with Gasteiger partial charge in [0.1, 0.15) is 5.75 Å². The number of hydrogen-bond donors (Lipinski definition) is 1. The van der Waals surface area contributed by atoms with Gasteiger partial charge in [-0.3, -0.25) is 9.52 Å². The predicted octanol–water partition coefficient (Wildman–Crippen LogP) is 4.04. The van der Waals surface area contributed by atoms with Gasteiger partial charge in [-0.25, -0.2) is 8.42 Å². The van der Waals surface area contributed by atoms with Crippen molar-refractivity contribution in [2.45, 2.75) is 17.7 Å². The number of halogens is 2. The second-order valence-corrected chi connectivity index (χ2v) is 8.59. The lowest BCUT2D eigenvalue weighted by Gasteiger charge is -2.18. The molecule has 2 aromatic rings. The van der Waals surface area contributed by atoms with Crippen LogP contribution in [0.5, 0.6) is 5.75 Å². The number of likely N-dealkylation sites (tertiary alicyclic amines) is 1. The van der Waals surface area contributed by atoms with Gasteiger partial charge in [-0.05, 0) is 49.2 Å². The zero-order valence-electron chi connectivity index (χ0n) is 14.5. The van der Waals surface area contributed by atoms with Crippen molar-refractivity contribution in [2.75, 3.05) is 24.9 Å². The molecule has 0 bridgehead atoms. The minimum atomic E-state index is -3.93. The molecule has 0 aliphatic carbocycles. The van der Waals surface area contributed by atoms with Crippen molar-refractivity contribution in [3.8, 4) is 5.75 Å². The van der Waals surface area contributed by atoms with E-state index in [1.54, 1.807) is 4.90 Å². The van der Waals surface area contributed by atoms with Crippen LogP contribution in [0.25, 0.3) is 0 Å². The molecule has 6 nitrogen and oxygen atoms in total. The molecule has 9 heteroatoms. The van der Waals surface area contributed by atoms with Crippen LogP contribution in [0.2, 0.25) is 10.0 Å². The standard InChI is InChI=1S/C18H18Cl2N2O4S/c1-26-17-7-5-13(11-14(17)18(23)22-8-2-3-9-22)27(24,25)21-12-4-6-15(19)16(20)10-12/h4-7,10-11,21H,2-3,8-9H2,1H3. The average Bonchev–Trinajstić information content (AvgIpc) is 3.18. The molecule has 0 saturated carbocycles. The molecule has 144 valence electrons. The summed E-state index contributed by atoms with van der Waals surface area (Å²) in [7, 11) is -2.48. The second kappa shape index (κ2) is 7.96. The topological polar surface area (TPSA) is 75.7 Å². The third kappa shape index (κ3) is 4.31. The quantitative estimate of drug-likeness (QED) is 0.779. The van der Waals surface area contributed by atoms with Gasteiger partial charge in [0.05, 0.1) is 33.3 Å². The van der Waals surface area contributed by atoms with Crippen LogP contribution in [0, 0.1) is 0 Å². The molecule has 1 saturated heterocycles. The van der Waals surface area contributed by atoms with Crippen LogP contribution < -0.4 is 9.46 Å². The van der Waals surface area contributed by atoms with Crippen molar-refractivity contribution in [2.24, 2.45) is 0 Å². The van der Waals surface area contributed by atoms with Gasteiger partial charge in [0.25, 0.3) is 15.9 Å². The largest absolute Gasteiger partial charge is 0.496 e. The Balaban J connectivity index is 1.94. The Kier molecular flexibility index (Phi) is 5.83. The first kappa shape index (κ1) is 19.8. The molecule has 0 radical (unpaired) electrons. The first-order valence-corrected chi connectivity index (χ1v) is 10.5. The zero-order valence-corrected chi connectivity index (χ0v) is 16.9. The number of amides is 1. The average molecular weight is 429 g/mol. The van der Waals surface area contributed by atoms with E-state index in [0.717, 1.165) is 12.8 Å². The Labute approximate surface area is 168 Å². The molecule has 3 rings (SSSR count). The Morgan fingerprint density at radius 1 is 1.07 bits per heavy atom. The van der Waals surface area contributed by atoms with Crippen LogP contribution in [0.3, 0.4) is 0 Å². The summed E-state index contributed by atoms with van der Waals surface area (Å²) in [5, 5.41) is 0.555. The number of methoxy groups -OCH3 is 1. The molecule has 0 aromatic heterocycles. The minimum Gasteiger partial charge on any atom is -0.496 e. The Hall–Kier alpha value is -1.96. The number of nitrogens with one attached hydrogen (secondary N) is 1. The van der Waals surface area contributed by atoms with Gasteiger partial charge in [0.2, 0.25) is 0 Å². The highest BCUT2D eigenvalue weighted by Gasteiger charge is 2.25. The van der Waals surface area contributed by atoms with E-state index in [0.29, 0.717) is 23.9 Å². The number of sulfonamides is 1. The van der Waals surface area contributed by atoms with Crippen LogP contribution in [-0.2, 0) is 10.0 Å². The summed E-state index contributed by atoms with van der Waals surface area (Å²) in [6, 6.07) is 8.62. The maximum atomic E-state index is 12.7. The molecule has 1 amide bonds. The van der Waals surface area contributed by atoms with Gasteiger partial charge in [-0.15, -0.1) is 0 Å². The smallest absolute Gasteiger partial charge is 0.261 e. The number of nitrogens with zero attached hydrogens (tertiary/aromatic N) is 1. The molecule has 0 spiro atoms. The van der Waals surface area contributed by atoms with Gasteiger partial charge in [-0.2, -0.15) is 0 Å².